The molecule has 0 atom stereocenters. The van der Waals surface area contributed by atoms with Crippen LogP contribution in [-0.2, 0) is 22.6 Å². The van der Waals surface area contributed by atoms with Crippen LogP contribution < -0.4 is 29.5 Å². The van der Waals surface area contributed by atoms with Crippen LogP contribution in [0.25, 0.3) is 0 Å². The zero-order valence-corrected chi connectivity index (χ0v) is 29.9. The third kappa shape index (κ3) is 8.49. The number of non-ortho nitro benzene ring substituents is 1. The fourth-order valence-corrected chi connectivity index (χ4v) is 6.08. The van der Waals surface area contributed by atoms with Gasteiger partial charge in [-0.3, -0.25) is 29.6 Å². The highest BCUT2D eigenvalue weighted by molar-refractivity contribution is 6.05. The van der Waals surface area contributed by atoms with Crippen molar-refractivity contribution in [1.82, 2.24) is 14.9 Å². The second-order valence-corrected chi connectivity index (χ2v) is 13.5. The van der Waals surface area contributed by atoms with Crippen molar-refractivity contribution in [2.24, 2.45) is 0 Å². The SMILES string of the molecule is COc1cc(OC)cc(N2Cc3cnc(Nc4ccc(N5CCN(CC(=O)OC(C)(C)C)CC5)cc4)nc3N(Cc3ccc([N+](=O)[O-])cc3)C2=O)c1. The van der Waals surface area contributed by atoms with E-state index in [0.717, 1.165) is 37.6 Å². The molecule has 52 heavy (non-hydrogen) atoms. The molecule has 0 bridgehead atoms. The van der Waals surface area contributed by atoms with E-state index in [1.165, 1.54) is 17.0 Å². The van der Waals surface area contributed by atoms with Crippen molar-refractivity contribution in [2.45, 2.75) is 39.5 Å². The number of ether oxygens (including phenoxy) is 3. The number of carbonyl (C=O) groups excluding carboxylic acids is 2. The number of nitro groups is 1. The van der Waals surface area contributed by atoms with Crippen LogP contribution in [0.15, 0.2) is 72.9 Å². The highest BCUT2D eigenvalue weighted by Crippen LogP contribution is 2.36. The number of methoxy groups -OCH3 is 2. The van der Waals surface area contributed by atoms with Gasteiger partial charge in [-0.2, -0.15) is 4.98 Å². The number of nitrogens with zero attached hydrogens (tertiary/aromatic N) is 7. The van der Waals surface area contributed by atoms with Crippen LogP contribution in [0.2, 0.25) is 0 Å². The Bertz CT molecular complexity index is 1900. The van der Waals surface area contributed by atoms with E-state index in [-0.39, 0.29) is 37.3 Å². The van der Waals surface area contributed by atoms with Crippen molar-refractivity contribution in [3.63, 3.8) is 0 Å². The van der Waals surface area contributed by atoms with Crippen LogP contribution in [0.5, 0.6) is 11.5 Å². The van der Waals surface area contributed by atoms with Crippen molar-refractivity contribution in [3.05, 3.63) is 94.2 Å². The van der Waals surface area contributed by atoms with E-state index < -0.39 is 10.5 Å². The quantitative estimate of drug-likeness (QED) is 0.114. The maximum absolute atomic E-state index is 14.2. The number of amides is 2. The highest BCUT2D eigenvalue weighted by Gasteiger charge is 2.34. The first-order chi connectivity index (χ1) is 24.9. The number of hydrogen-bond donors (Lipinski definition) is 1. The summed E-state index contributed by atoms with van der Waals surface area (Å²) in [5, 5.41) is 14.5. The monoisotopic (exact) mass is 710 g/mol. The number of esters is 1. The molecule has 2 amide bonds. The van der Waals surface area contributed by atoms with Gasteiger partial charge in [0.05, 0.1) is 44.5 Å². The van der Waals surface area contributed by atoms with E-state index in [0.29, 0.717) is 40.1 Å². The number of hydrogen-bond acceptors (Lipinski definition) is 12. The fourth-order valence-electron chi connectivity index (χ4n) is 6.08. The van der Waals surface area contributed by atoms with E-state index in [1.807, 2.05) is 45.0 Å². The molecule has 2 aliphatic rings. The Morgan fingerprint density at radius 2 is 1.58 bits per heavy atom. The molecule has 0 saturated carbocycles. The summed E-state index contributed by atoms with van der Waals surface area (Å²) in [5.74, 6) is 1.57. The Kier molecular flexibility index (Phi) is 10.4. The Morgan fingerprint density at radius 3 is 2.17 bits per heavy atom. The minimum absolute atomic E-state index is 0.0421. The van der Waals surface area contributed by atoms with Gasteiger partial charge in [0.1, 0.15) is 22.9 Å². The molecule has 1 saturated heterocycles. The lowest BCUT2D eigenvalue weighted by molar-refractivity contribution is -0.384. The number of benzene rings is 3. The molecule has 15 heteroatoms. The third-order valence-electron chi connectivity index (χ3n) is 8.66. The predicted octanol–water partition coefficient (Wildman–Crippen LogP) is 5.76. The molecule has 0 aliphatic carbocycles. The molecule has 4 aromatic rings. The zero-order valence-electron chi connectivity index (χ0n) is 29.9. The first-order valence-electron chi connectivity index (χ1n) is 16.9. The summed E-state index contributed by atoms with van der Waals surface area (Å²) >= 11 is 0. The number of urea groups is 1. The van der Waals surface area contributed by atoms with Gasteiger partial charge in [-0.15, -0.1) is 0 Å². The molecule has 3 heterocycles. The average Bonchev–Trinajstić information content (AvgIpc) is 3.12. The molecule has 0 unspecified atom stereocenters. The molecule has 3 aromatic carbocycles. The fraction of sp³-hybridized carbons (Fsp3) is 0.351. The summed E-state index contributed by atoms with van der Waals surface area (Å²) in [7, 11) is 3.08. The number of nitro benzene ring substituents is 1. The number of anilines is 5. The van der Waals surface area contributed by atoms with Crippen LogP contribution in [-0.4, -0.2) is 84.3 Å². The predicted molar refractivity (Wildman–Crippen MR) is 197 cm³/mol. The summed E-state index contributed by atoms with van der Waals surface area (Å²) in [6.45, 7) is 9.25. The number of aromatic nitrogens is 2. The van der Waals surface area contributed by atoms with Gasteiger partial charge in [0.15, 0.2) is 0 Å². The van der Waals surface area contributed by atoms with E-state index in [1.54, 1.807) is 55.6 Å². The standard InChI is InChI=1S/C37H42N8O7/c1-37(2,3)52-33(46)24-41-14-16-42(17-15-41)28-12-8-27(9-13-28)39-35-38-21-26-23-43(30-18-31(50-4)20-32(19-30)51-5)36(47)44(34(26)40-35)22-25-6-10-29(11-7-25)45(48)49/h6-13,18-21H,14-17,22-24H2,1-5H3,(H,38,39,40). The van der Waals surface area contributed by atoms with Gasteiger partial charge in [0, 0.05) is 79.6 Å². The Morgan fingerprint density at radius 1 is 0.923 bits per heavy atom. The smallest absolute Gasteiger partial charge is 0.330 e. The Labute approximate surface area is 301 Å². The molecule has 15 nitrogen and oxygen atoms in total. The van der Waals surface area contributed by atoms with Crippen LogP contribution in [0.4, 0.5) is 39.3 Å². The van der Waals surface area contributed by atoms with Crippen molar-refractivity contribution in [1.29, 1.82) is 0 Å². The maximum atomic E-state index is 14.2. The van der Waals surface area contributed by atoms with Gasteiger partial charge in [-0.1, -0.05) is 12.1 Å². The molecule has 1 fully saturated rings. The van der Waals surface area contributed by atoms with E-state index in [9.17, 15) is 19.7 Å². The maximum Gasteiger partial charge on any atom is 0.330 e. The van der Waals surface area contributed by atoms with Gasteiger partial charge in [0.2, 0.25) is 5.95 Å². The molecule has 2 aliphatic heterocycles. The minimum atomic E-state index is -0.501. The lowest BCUT2D eigenvalue weighted by Crippen LogP contribution is -2.48. The lowest BCUT2D eigenvalue weighted by Gasteiger charge is -2.36. The van der Waals surface area contributed by atoms with Crippen LogP contribution >= 0.6 is 0 Å². The largest absolute Gasteiger partial charge is 0.497 e. The lowest BCUT2D eigenvalue weighted by atomic mass is 10.1. The van der Waals surface area contributed by atoms with Gasteiger partial charge >= 0.3 is 12.0 Å². The Balaban J connectivity index is 1.19. The number of piperazine rings is 1. The average molecular weight is 711 g/mol. The third-order valence-corrected chi connectivity index (χ3v) is 8.66. The van der Waals surface area contributed by atoms with Crippen LogP contribution in [0, 0.1) is 10.1 Å². The molecule has 1 aromatic heterocycles. The second kappa shape index (κ2) is 15.1. The molecular formula is C37H42N8O7. The summed E-state index contributed by atoms with van der Waals surface area (Å²) in [6.07, 6.45) is 1.69. The Hall–Kier alpha value is -5.96. The molecular weight excluding hydrogens is 668 g/mol. The van der Waals surface area contributed by atoms with Crippen LogP contribution in [0.3, 0.4) is 0 Å². The van der Waals surface area contributed by atoms with Gasteiger partial charge in [-0.25, -0.2) is 9.78 Å². The van der Waals surface area contributed by atoms with E-state index in [2.05, 4.69) is 20.1 Å². The minimum Gasteiger partial charge on any atom is -0.497 e. The summed E-state index contributed by atoms with van der Waals surface area (Å²) in [6, 6.07) is 18.9. The van der Waals surface area contributed by atoms with Crippen molar-refractivity contribution < 1.29 is 28.7 Å². The van der Waals surface area contributed by atoms with Crippen molar-refractivity contribution >= 4 is 46.5 Å². The molecule has 0 radical (unpaired) electrons. The molecule has 272 valence electrons. The summed E-state index contributed by atoms with van der Waals surface area (Å²) < 4.78 is 16.4. The first kappa shape index (κ1) is 35.9. The highest BCUT2D eigenvalue weighted by atomic mass is 16.6. The number of rotatable bonds is 11. The first-order valence-corrected chi connectivity index (χ1v) is 16.9. The number of carbonyl (C=O) groups is 2. The number of fused-ring (bicyclic) bond motifs is 1. The van der Waals surface area contributed by atoms with E-state index in [4.69, 9.17) is 19.2 Å². The zero-order chi connectivity index (χ0) is 37.0. The summed E-state index contributed by atoms with van der Waals surface area (Å²) in [5.41, 5.74) is 3.23. The summed E-state index contributed by atoms with van der Waals surface area (Å²) in [4.78, 5) is 54.1. The van der Waals surface area contributed by atoms with Gasteiger partial charge < -0.3 is 24.4 Å². The van der Waals surface area contributed by atoms with E-state index >= 15 is 0 Å². The van der Waals surface area contributed by atoms with Crippen molar-refractivity contribution in [3.8, 4) is 11.5 Å². The molecule has 6 rings (SSSR count). The van der Waals surface area contributed by atoms with Gasteiger partial charge in [0.25, 0.3) is 5.69 Å². The number of nitrogens with one attached hydrogen (secondary N) is 1. The second-order valence-electron chi connectivity index (χ2n) is 13.5. The van der Waals surface area contributed by atoms with Crippen molar-refractivity contribution in [2.75, 3.05) is 67.0 Å². The normalized spacial score (nSPS) is 14.9. The van der Waals surface area contributed by atoms with Gasteiger partial charge in [-0.05, 0) is 50.6 Å². The molecule has 1 N–H and O–H groups in total. The molecule has 0 spiro atoms. The topological polar surface area (TPSA) is 156 Å². The van der Waals surface area contributed by atoms with Crippen LogP contribution in [0.1, 0.15) is 31.9 Å².